The largest absolute Gasteiger partial charge is 0.454 e. The molecule has 0 radical (unpaired) electrons. The number of ether oxygens (including phenoxy) is 3. The average molecular weight is 194 g/mol. The van der Waals surface area contributed by atoms with Crippen LogP contribution in [0.4, 0.5) is 0 Å². The van der Waals surface area contributed by atoms with E-state index >= 15 is 0 Å². The lowest BCUT2D eigenvalue weighted by molar-refractivity contribution is -0.0547. The first kappa shape index (κ1) is 7.64. The number of hydrogen-bond donors (Lipinski definition) is 1. The van der Waals surface area contributed by atoms with E-state index in [1.54, 1.807) is 12.1 Å². The molecular weight excluding hydrogens is 188 g/mol. The zero-order chi connectivity index (χ0) is 9.71. The summed E-state index contributed by atoms with van der Waals surface area (Å²) in [7, 11) is 0. The highest BCUT2D eigenvalue weighted by Crippen LogP contribution is 2.43. The SMILES string of the molecule is O=C1OC(O)c2ccc3c(c21)OCO3. The Hall–Kier alpha value is -1.75. The van der Waals surface area contributed by atoms with Gasteiger partial charge in [0, 0.05) is 5.56 Å². The second-order valence-corrected chi connectivity index (χ2v) is 3.02. The van der Waals surface area contributed by atoms with E-state index in [9.17, 15) is 9.90 Å². The molecule has 0 fully saturated rings. The van der Waals surface area contributed by atoms with Crippen LogP contribution in [0.1, 0.15) is 22.2 Å². The van der Waals surface area contributed by atoms with Gasteiger partial charge in [-0.2, -0.15) is 0 Å². The number of cyclic esters (lactones) is 1. The Bertz CT molecular complexity index is 425. The Balaban J connectivity index is 2.28. The fraction of sp³-hybridized carbons (Fsp3) is 0.222. The van der Waals surface area contributed by atoms with Gasteiger partial charge in [0.25, 0.3) is 0 Å². The Kier molecular flexibility index (Phi) is 1.30. The normalized spacial score (nSPS) is 22.1. The van der Waals surface area contributed by atoms with Gasteiger partial charge in [0.1, 0.15) is 5.56 Å². The molecule has 0 spiro atoms. The minimum Gasteiger partial charge on any atom is -0.454 e. The molecule has 72 valence electrons. The van der Waals surface area contributed by atoms with Gasteiger partial charge in [-0.1, -0.05) is 0 Å². The van der Waals surface area contributed by atoms with Crippen LogP contribution in [0.25, 0.3) is 0 Å². The summed E-state index contributed by atoms with van der Waals surface area (Å²) >= 11 is 0. The van der Waals surface area contributed by atoms with Crippen molar-refractivity contribution in [2.75, 3.05) is 6.79 Å². The molecule has 14 heavy (non-hydrogen) atoms. The standard InChI is InChI=1S/C9H6O5/c10-8-4-1-2-5-7(13-3-12-5)6(4)9(11)14-8/h1-2,8,10H,3H2. The Labute approximate surface area is 78.8 Å². The molecule has 1 aromatic carbocycles. The number of fused-ring (bicyclic) bond motifs is 3. The van der Waals surface area contributed by atoms with Crippen LogP contribution >= 0.6 is 0 Å². The van der Waals surface area contributed by atoms with Crippen molar-refractivity contribution in [3.05, 3.63) is 23.3 Å². The van der Waals surface area contributed by atoms with Crippen molar-refractivity contribution in [2.24, 2.45) is 0 Å². The van der Waals surface area contributed by atoms with Gasteiger partial charge in [-0.15, -0.1) is 0 Å². The third-order valence-corrected chi connectivity index (χ3v) is 2.26. The highest BCUT2D eigenvalue weighted by Gasteiger charge is 2.36. The van der Waals surface area contributed by atoms with Crippen LogP contribution in [0.15, 0.2) is 12.1 Å². The van der Waals surface area contributed by atoms with Gasteiger partial charge in [-0.25, -0.2) is 4.79 Å². The van der Waals surface area contributed by atoms with E-state index in [4.69, 9.17) is 9.47 Å². The van der Waals surface area contributed by atoms with Crippen LogP contribution in [-0.2, 0) is 4.74 Å². The zero-order valence-corrected chi connectivity index (χ0v) is 7.02. The minimum atomic E-state index is -1.19. The number of hydrogen-bond acceptors (Lipinski definition) is 5. The van der Waals surface area contributed by atoms with Crippen molar-refractivity contribution in [1.82, 2.24) is 0 Å². The van der Waals surface area contributed by atoms with Gasteiger partial charge in [0.2, 0.25) is 13.1 Å². The molecular formula is C9H6O5. The van der Waals surface area contributed by atoms with E-state index in [1.165, 1.54) is 0 Å². The quantitative estimate of drug-likeness (QED) is 0.612. The molecule has 5 heteroatoms. The molecule has 5 nitrogen and oxygen atoms in total. The summed E-state index contributed by atoms with van der Waals surface area (Å²) in [5, 5.41) is 9.34. The minimum absolute atomic E-state index is 0.0924. The Morgan fingerprint density at radius 3 is 3.07 bits per heavy atom. The number of esters is 1. The summed E-state index contributed by atoms with van der Waals surface area (Å²) in [6.45, 7) is 0.0924. The van der Waals surface area contributed by atoms with E-state index in [0.29, 0.717) is 17.1 Å². The number of benzene rings is 1. The first-order valence-electron chi connectivity index (χ1n) is 4.09. The van der Waals surface area contributed by atoms with E-state index in [1.807, 2.05) is 0 Å². The monoisotopic (exact) mass is 194 g/mol. The molecule has 1 aromatic rings. The molecule has 0 aromatic heterocycles. The van der Waals surface area contributed by atoms with E-state index in [2.05, 4.69) is 4.74 Å². The predicted octanol–water partition coefficient (Wildman–Crippen LogP) is 0.577. The van der Waals surface area contributed by atoms with Gasteiger partial charge in [-0.3, -0.25) is 0 Å². The Morgan fingerprint density at radius 1 is 1.36 bits per heavy atom. The lowest BCUT2D eigenvalue weighted by Gasteiger charge is -2.01. The summed E-state index contributed by atoms with van der Waals surface area (Å²) in [4.78, 5) is 11.3. The van der Waals surface area contributed by atoms with Crippen molar-refractivity contribution in [3.8, 4) is 11.5 Å². The molecule has 0 saturated heterocycles. The van der Waals surface area contributed by atoms with Crippen molar-refractivity contribution >= 4 is 5.97 Å². The van der Waals surface area contributed by atoms with Gasteiger partial charge in [0.05, 0.1) is 0 Å². The molecule has 1 N–H and O–H groups in total. The van der Waals surface area contributed by atoms with E-state index in [-0.39, 0.29) is 12.4 Å². The average Bonchev–Trinajstić information content (AvgIpc) is 2.71. The molecule has 1 unspecified atom stereocenters. The smallest absolute Gasteiger partial charge is 0.345 e. The molecule has 1 atom stereocenters. The van der Waals surface area contributed by atoms with Gasteiger partial charge in [0.15, 0.2) is 11.5 Å². The molecule has 0 amide bonds. The Morgan fingerprint density at radius 2 is 2.21 bits per heavy atom. The first-order chi connectivity index (χ1) is 6.77. The van der Waals surface area contributed by atoms with Crippen LogP contribution in [0.2, 0.25) is 0 Å². The van der Waals surface area contributed by atoms with Crippen molar-refractivity contribution in [1.29, 1.82) is 0 Å². The number of carbonyl (C=O) groups excluding carboxylic acids is 1. The lowest BCUT2D eigenvalue weighted by Crippen LogP contribution is -1.98. The second kappa shape index (κ2) is 2.39. The molecule has 2 aliphatic rings. The highest BCUT2D eigenvalue weighted by atomic mass is 16.7. The maximum Gasteiger partial charge on any atom is 0.345 e. The van der Waals surface area contributed by atoms with Gasteiger partial charge >= 0.3 is 5.97 Å². The molecule has 3 rings (SSSR count). The van der Waals surface area contributed by atoms with Crippen LogP contribution in [-0.4, -0.2) is 17.9 Å². The summed E-state index contributed by atoms with van der Waals surface area (Å²) < 4.78 is 14.9. The molecule has 0 bridgehead atoms. The number of carbonyl (C=O) groups is 1. The third-order valence-electron chi connectivity index (χ3n) is 2.26. The predicted molar refractivity (Wildman–Crippen MR) is 42.9 cm³/mol. The summed E-state index contributed by atoms with van der Waals surface area (Å²) in [5.41, 5.74) is 0.701. The first-order valence-corrected chi connectivity index (χ1v) is 4.09. The number of aliphatic hydroxyl groups is 1. The van der Waals surface area contributed by atoms with Crippen molar-refractivity contribution in [3.63, 3.8) is 0 Å². The number of rotatable bonds is 0. The highest BCUT2D eigenvalue weighted by molar-refractivity contribution is 5.97. The molecule has 0 saturated carbocycles. The maximum atomic E-state index is 11.3. The van der Waals surface area contributed by atoms with Crippen LogP contribution < -0.4 is 9.47 Å². The zero-order valence-electron chi connectivity index (χ0n) is 7.02. The van der Waals surface area contributed by atoms with Crippen LogP contribution in [0.5, 0.6) is 11.5 Å². The van der Waals surface area contributed by atoms with Gasteiger partial charge < -0.3 is 19.3 Å². The molecule has 2 heterocycles. The fourth-order valence-electron chi connectivity index (χ4n) is 1.63. The van der Waals surface area contributed by atoms with E-state index in [0.717, 1.165) is 0 Å². The lowest BCUT2D eigenvalue weighted by atomic mass is 10.1. The maximum absolute atomic E-state index is 11.3. The number of aliphatic hydroxyl groups excluding tert-OH is 1. The van der Waals surface area contributed by atoms with Crippen LogP contribution in [0.3, 0.4) is 0 Å². The van der Waals surface area contributed by atoms with Crippen LogP contribution in [0, 0.1) is 0 Å². The van der Waals surface area contributed by atoms with E-state index < -0.39 is 12.3 Å². The third kappa shape index (κ3) is 0.793. The van der Waals surface area contributed by atoms with Gasteiger partial charge in [-0.05, 0) is 12.1 Å². The fourth-order valence-corrected chi connectivity index (χ4v) is 1.63. The summed E-state index contributed by atoms with van der Waals surface area (Å²) in [5.74, 6) is 0.300. The molecule has 2 aliphatic heterocycles. The van der Waals surface area contributed by atoms with Crippen molar-refractivity contribution in [2.45, 2.75) is 6.29 Å². The topological polar surface area (TPSA) is 65.0 Å². The second-order valence-electron chi connectivity index (χ2n) is 3.02. The van der Waals surface area contributed by atoms with Crippen molar-refractivity contribution < 1.29 is 24.1 Å². The summed E-state index contributed by atoms with van der Waals surface area (Å²) in [6.07, 6.45) is -1.19. The summed E-state index contributed by atoms with van der Waals surface area (Å²) in [6, 6.07) is 3.24. The molecule has 0 aliphatic carbocycles.